The minimum absolute atomic E-state index is 0.818. The summed E-state index contributed by atoms with van der Waals surface area (Å²) >= 11 is 0. The third-order valence-corrected chi connectivity index (χ3v) is 1.49. The molecule has 0 radical (unpaired) electrons. The van der Waals surface area contributed by atoms with Crippen molar-refractivity contribution in [1.82, 2.24) is 5.32 Å². The van der Waals surface area contributed by atoms with Crippen LogP contribution in [0.15, 0.2) is 23.4 Å². The van der Waals surface area contributed by atoms with Gasteiger partial charge in [-0.3, -0.25) is 4.79 Å². The number of rotatable bonds is 4. The van der Waals surface area contributed by atoms with Crippen LogP contribution in [0.3, 0.4) is 0 Å². The van der Waals surface area contributed by atoms with Crippen molar-refractivity contribution in [3.63, 3.8) is 0 Å². The molecule has 0 saturated carbocycles. The third kappa shape index (κ3) is 4.37. The van der Waals surface area contributed by atoms with Gasteiger partial charge < -0.3 is 5.32 Å². The first kappa shape index (κ1) is 9.95. The maximum atomic E-state index is 10.1. The lowest BCUT2D eigenvalue weighted by atomic mass is 10.1. The number of nitrogens with one attached hydrogen (secondary N) is 1. The minimum atomic E-state index is 0.818. The summed E-state index contributed by atoms with van der Waals surface area (Å²) in [7, 11) is 1.86. The van der Waals surface area contributed by atoms with Crippen molar-refractivity contribution in [2.75, 3.05) is 7.05 Å². The summed E-state index contributed by atoms with van der Waals surface area (Å²) in [6.07, 6.45) is 5.26. The monoisotopic (exact) mass is 153 g/mol. The van der Waals surface area contributed by atoms with Crippen LogP contribution >= 0.6 is 0 Å². The molecule has 0 fully saturated rings. The third-order valence-electron chi connectivity index (χ3n) is 1.49. The summed E-state index contributed by atoms with van der Waals surface area (Å²) in [6, 6.07) is 0. The average molecular weight is 153 g/mol. The Bertz CT molecular complexity index is 180. The zero-order valence-corrected chi connectivity index (χ0v) is 7.35. The molecule has 0 aromatic carbocycles. The Labute approximate surface area is 68.0 Å². The highest BCUT2D eigenvalue weighted by molar-refractivity contribution is 5.67. The summed E-state index contributed by atoms with van der Waals surface area (Å²) in [5.74, 6) is 0. The molecule has 0 aliphatic rings. The number of hydrogen-bond acceptors (Lipinski definition) is 2. The van der Waals surface area contributed by atoms with E-state index in [1.165, 1.54) is 0 Å². The topological polar surface area (TPSA) is 29.1 Å². The van der Waals surface area contributed by atoms with E-state index in [0.717, 1.165) is 24.0 Å². The Morgan fingerprint density at radius 1 is 1.55 bits per heavy atom. The summed E-state index contributed by atoms with van der Waals surface area (Å²) in [5, 5.41) is 2.99. The van der Waals surface area contributed by atoms with Crippen LogP contribution in [0, 0.1) is 0 Å². The Morgan fingerprint density at radius 2 is 2.18 bits per heavy atom. The van der Waals surface area contributed by atoms with E-state index in [1.54, 1.807) is 6.08 Å². The van der Waals surface area contributed by atoms with Gasteiger partial charge in [0.1, 0.15) is 6.29 Å². The second-order valence-electron chi connectivity index (χ2n) is 2.31. The van der Waals surface area contributed by atoms with Gasteiger partial charge in [0.15, 0.2) is 0 Å². The van der Waals surface area contributed by atoms with Crippen LogP contribution in [0.1, 0.15) is 20.3 Å². The normalized spacial score (nSPS) is 13.0. The number of carbonyl (C=O) groups is 1. The van der Waals surface area contributed by atoms with Crippen molar-refractivity contribution in [1.29, 1.82) is 0 Å². The lowest BCUT2D eigenvalue weighted by Crippen LogP contribution is -2.01. The van der Waals surface area contributed by atoms with Crippen molar-refractivity contribution in [3.05, 3.63) is 23.4 Å². The fourth-order valence-corrected chi connectivity index (χ4v) is 0.706. The highest BCUT2D eigenvalue weighted by Crippen LogP contribution is 2.03. The van der Waals surface area contributed by atoms with E-state index in [4.69, 9.17) is 0 Å². The zero-order chi connectivity index (χ0) is 8.69. The van der Waals surface area contributed by atoms with Gasteiger partial charge in [-0.25, -0.2) is 0 Å². The Hall–Kier alpha value is -1.05. The molecular weight excluding hydrogens is 138 g/mol. The molecule has 0 bridgehead atoms. The molecule has 0 rings (SSSR count). The van der Waals surface area contributed by atoms with Crippen LogP contribution in [0.4, 0.5) is 0 Å². The van der Waals surface area contributed by atoms with Crippen LogP contribution in [-0.4, -0.2) is 13.3 Å². The number of allylic oxidation sites excluding steroid dienone is 4. The molecule has 0 aromatic rings. The van der Waals surface area contributed by atoms with Gasteiger partial charge in [0.25, 0.3) is 0 Å². The molecule has 0 aliphatic carbocycles. The summed E-state index contributed by atoms with van der Waals surface area (Å²) in [4.78, 5) is 10.1. The summed E-state index contributed by atoms with van der Waals surface area (Å²) < 4.78 is 0. The number of aldehydes is 1. The fraction of sp³-hybridized carbons (Fsp3) is 0.444. The van der Waals surface area contributed by atoms with Crippen LogP contribution in [0.5, 0.6) is 0 Å². The van der Waals surface area contributed by atoms with Crippen molar-refractivity contribution >= 4 is 6.29 Å². The lowest BCUT2D eigenvalue weighted by Gasteiger charge is -1.99. The van der Waals surface area contributed by atoms with Crippen molar-refractivity contribution in [2.24, 2.45) is 0 Å². The van der Waals surface area contributed by atoms with E-state index in [0.29, 0.717) is 0 Å². The van der Waals surface area contributed by atoms with Gasteiger partial charge in [0.2, 0.25) is 0 Å². The molecule has 0 unspecified atom stereocenters. The molecule has 0 amide bonds. The van der Waals surface area contributed by atoms with Crippen LogP contribution in [-0.2, 0) is 4.79 Å². The van der Waals surface area contributed by atoms with Gasteiger partial charge in [0, 0.05) is 12.7 Å². The second-order valence-corrected chi connectivity index (χ2v) is 2.31. The van der Waals surface area contributed by atoms with Crippen molar-refractivity contribution < 1.29 is 4.79 Å². The van der Waals surface area contributed by atoms with Gasteiger partial charge in [0.05, 0.1) is 0 Å². The molecule has 0 heterocycles. The number of hydrogen-bond donors (Lipinski definition) is 1. The van der Waals surface area contributed by atoms with E-state index in [9.17, 15) is 4.79 Å². The first-order valence-electron chi connectivity index (χ1n) is 3.75. The second kappa shape index (κ2) is 5.71. The summed E-state index contributed by atoms with van der Waals surface area (Å²) in [6.45, 7) is 3.99. The Morgan fingerprint density at radius 3 is 2.55 bits per heavy atom. The molecule has 0 aliphatic heterocycles. The maximum absolute atomic E-state index is 10.1. The van der Waals surface area contributed by atoms with E-state index < -0.39 is 0 Å². The Balaban J connectivity index is 4.28. The lowest BCUT2D eigenvalue weighted by molar-refractivity contribution is -0.104. The zero-order valence-electron chi connectivity index (χ0n) is 7.35. The highest BCUT2D eigenvalue weighted by Gasteiger charge is 1.88. The molecule has 0 aromatic heterocycles. The molecule has 0 saturated heterocycles. The van der Waals surface area contributed by atoms with Gasteiger partial charge >= 0.3 is 0 Å². The van der Waals surface area contributed by atoms with Crippen molar-refractivity contribution in [2.45, 2.75) is 20.3 Å². The predicted molar refractivity (Wildman–Crippen MR) is 47.3 cm³/mol. The van der Waals surface area contributed by atoms with Gasteiger partial charge in [-0.2, -0.15) is 0 Å². The predicted octanol–water partition coefficient (Wildman–Crippen LogP) is 1.64. The van der Waals surface area contributed by atoms with E-state index in [1.807, 2.05) is 27.0 Å². The van der Waals surface area contributed by atoms with Gasteiger partial charge in [-0.1, -0.05) is 6.92 Å². The van der Waals surface area contributed by atoms with Gasteiger partial charge in [-0.15, -0.1) is 0 Å². The first-order valence-corrected chi connectivity index (χ1v) is 3.75. The first-order chi connectivity index (χ1) is 5.24. The molecule has 2 heteroatoms. The molecule has 62 valence electrons. The maximum Gasteiger partial charge on any atom is 0.143 e. The van der Waals surface area contributed by atoms with Crippen molar-refractivity contribution in [3.8, 4) is 0 Å². The molecule has 2 nitrogen and oxygen atoms in total. The van der Waals surface area contributed by atoms with E-state index in [2.05, 4.69) is 5.32 Å². The van der Waals surface area contributed by atoms with Crippen LogP contribution in [0.25, 0.3) is 0 Å². The highest BCUT2D eigenvalue weighted by atomic mass is 16.1. The van der Waals surface area contributed by atoms with Crippen LogP contribution < -0.4 is 5.32 Å². The SMILES string of the molecule is CCC(=C/C=O)/C=C(/C)NC. The molecule has 0 atom stereocenters. The molecule has 0 spiro atoms. The minimum Gasteiger partial charge on any atom is -0.392 e. The standard InChI is InChI=1S/C9H15NO/c1-4-9(5-6-11)7-8(2)10-3/h5-7,10H,4H2,1-3H3/b8-7-,9-5-. The number of carbonyl (C=O) groups excluding carboxylic acids is 1. The molecule has 1 N–H and O–H groups in total. The molecule has 11 heavy (non-hydrogen) atoms. The summed E-state index contributed by atoms with van der Waals surface area (Å²) in [5.41, 5.74) is 2.12. The largest absolute Gasteiger partial charge is 0.392 e. The quantitative estimate of drug-likeness (QED) is 0.378. The Kier molecular flexibility index (Phi) is 5.17. The van der Waals surface area contributed by atoms with Crippen LogP contribution in [0.2, 0.25) is 0 Å². The average Bonchev–Trinajstić information content (AvgIpc) is 2.03. The molecular formula is C9H15NO. The fourth-order valence-electron chi connectivity index (χ4n) is 0.706. The van der Waals surface area contributed by atoms with E-state index in [-0.39, 0.29) is 0 Å². The smallest absolute Gasteiger partial charge is 0.143 e. The van der Waals surface area contributed by atoms with Gasteiger partial charge in [-0.05, 0) is 31.1 Å². The van der Waals surface area contributed by atoms with E-state index >= 15 is 0 Å².